The second kappa shape index (κ2) is 7.87. The number of para-hydroxylation sites is 1. The summed E-state index contributed by atoms with van der Waals surface area (Å²) in [5.41, 5.74) is 2.43. The molecule has 3 aromatic rings. The first-order valence-corrected chi connectivity index (χ1v) is 8.70. The molecule has 3 rings (SSSR count). The normalized spacial score (nSPS) is 12.0. The Kier molecular flexibility index (Phi) is 5.37. The van der Waals surface area contributed by atoms with Crippen molar-refractivity contribution < 1.29 is 9.53 Å². The standard InChI is InChI=1S/C21H23N3O2/c1-15(2)26-20-11-7-8-17(12-20)16(3)23-21(25)18-13-22-24(14-18)19-9-5-4-6-10-19/h4-16H,1-3H3,(H,23,25). The van der Waals surface area contributed by atoms with E-state index in [1.807, 2.05) is 75.4 Å². The van der Waals surface area contributed by atoms with E-state index in [1.54, 1.807) is 17.1 Å². The number of carbonyl (C=O) groups excluding carboxylic acids is 1. The van der Waals surface area contributed by atoms with Crippen molar-refractivity contribution in [2.45, 2.75) is 32.9 Å². The molecule has 1 unspecified atom stereocenters. The number of nitrogens with one attached hydrogen (secondary N) is 1. The van der Waals surface area contributed by atoms with Crippen LogP contribution < -0.4 is 10.1 Å². The number of hydrogen-bond donors (Lipinski definition) is 1. The van der Waals surface area contributed by atoms with E-state index >= 15 is 0 Å². The van der Waals surface area contributed by atoms with Crippen LogP contribution in [0.5, 0.6) is 5.75 Å². The Hall–Kier alpha value is -3.08. The Morgan fingerprint density at radius 2 is 1.85 bits per heavy atom. The van der Waals surface area contributed by atoms with Crippen molar-refractivity contribution in [2.24, 2.45) is 0 Å². The molecule has 1 amide bonds. The molecule has 1 heterocycles. The number of benzene rings is 2. The van der Waals surface area contributed by atoms with Crippen molar-refractivity contribution in [2.75, 3.05) is 0 Å². The topological polar surface area (TPSA) is 56.1 Å². The molecular formula is C21H23N3O2. The van der Waals surface area contributed by atoms with Gasteiger partial charge in [0, 0.05) is 6.20 Å². The molecule has 0 aliphatic rings. The Balaban J connectivity index is 1.69. The fraction of sp³-hybridized carbons (Fsp3) is 0.238. The van der Waals surface area contributed by atoms with E-state index in [4.69, 9.17) is 4.74 Å². The Morgan fingerprint density at radius 3 is 2.58 bits per heavy atom. The molecule has 26 heavy (non-hydrogen) atoms. The van der Waals surface area contributed by atoms with E-state index in [2.05, 4.69) is 10.4 Å². The maximum atomic E-state index is 12.5. The number of carbonyl (C=O) groups is 1. The summed E-state index contributed by atoms with van der Waals surface area (Å²) in [5.74, 6) is 0.644. The smallest absolute Gasteiger partial charge is 0.254 e. The van der Waals surface area contributed by atoms with Gasteiger partial charge in [-0.3, -0.25) is 4.79 Å². The lowest BCUT2D eigenvalue weighted by Crippen LogP contribution is -2.26. The number of hydrogen-bond acceptors (Lipinski definition) is 3. The molecule has 0 saturated heterocycles. The summed E-state index contributed by atoms with van der Waals surface area (Å²) < 4.78 is 7.41. The molecule has 0 fully saturated rings. The summed E-state index contributed by atoms with van der Waals surface area (Å²) in [4.78, 5) is 12.5. The first kappa shape index (κ1) is 17.7. The fourth-order valence-electron chi connectivity index (χ4n) is 2.65. The highest BCUT2D eigenvalue weighted by Crippen LogP contribution is 2.20. The summed E-state index contributed by atoms with van der Waals surface area (Å²) in [5, 5.41) is 7.28. The molecule has 0 spiro atoms. The zero-order chi connectivity index (χ0) is 18.5. The summed E-state index contributed by atoms with van der Waals surface area (Å²) in [6, 6.07) is 17.3. The fourth-order valence-corrected chi connectivity index (χ4v) is 2.65. The third kappa shape index (κ3) is 4.30. The van der Waals surface area contributed by atoms with E-state index in [1.165, 1.54) is 0 Å². The van der Waals surface area contributed by atoms with Crippen LogP contribution in [0.1, 0.15) is 42.7 Å². The van der Waals surface area contributed by atoms with Crippen molar-refractivity contribution in [3.05, 3.63) is 78.1 Å². The minimum Gasteiger partial charge on any atom is -0.491 e. The third-order valence-electron chi connectivity index (χ3n) is 3.94. The van der Waals surface area contributed by atoms with Crippen molar-refractivity contribution in [3.63, 3.8) is 0 Å². The molecule has 1 aromatic heterocycles. The zero-order valence-electron chi connectivity index (χ0n) is 15.2. The van der Waals surface area contributed by atoms with Gasteiger partial charge in [-0.05, 0) is 50.6 Å². The predicted octanol–water partition coefficient (Wildman–Crippen LogP) is 4.15. The van der Waals surface area contributed by atoms with E-state index in [-0.39, 0.29) is 18.1 Å². The van der Waals surface area contributed by atoms with Crippen molar-refractivity contribution in [1.82, 2.24) is 15.1 Å². The van der Waals surface area contributed by atoms with Crippen LogP contribution in [0.25, 0.3) is 5.69 Å². The van der Waals surface area contributed by atoms with Gasteiger partial charge in [0.2, 0.25) is 0 Å². The van der Waals surface area contributed by atoms with Crippen LogP contribution in [-0.4, -0.2) is 21.8 Å². The van der Waals surface area contributed by atoms with Crippen LogP contribution in [0.4, 0.5) is 0 Å². The average Bonchev–Trinajstić information content (AvgIpc) is 3.12. The van der Waals surface area contributed by atoms with Gasteiger partial charge in [-0.2, -0.15) is 5.10 Å². The van der Waals surface area contributed by atoms with E-state index in [9.17, 15) is 4.79 Å². The molecule has 1 atom stereocenters. The molecule has 134 valence electrons. The number of nitrogens with zero attached hydrogens (tertiary/aromatic N) is 2. The van der Waals surface area contributed by atoms with Crippen LogP contribution in [0.15, 0.2) is 67.0 Å². The van der Waals surface area contributed by atoms with Crippen LogP contribution >= 0.6 is 0 Å². The lowest BCUT2D eigenvalue weighted by Gasteiger charge is -2.16. The molecule has 0 bridgehead atoms. The monoisotopic (exact) mass is 349 g/mol. The SMILES string of the molecule is CC(C)Oc1cccc(C(C)NC(=O)c2cnn(-c3ccccc3)c2)c1. The molecule has 0 saturated carbocycles. The lowest BCUT2D eigenvalue weighted by molar-refractivity contribution is 0.0939. The zero-order valence-corrected chi connectivity index (χ0v) is 15.2. The molecule has 0 aliphatic carbocycles. The van der Waals surface area contributed by atoms with Gasteiger partial charge in [0.1, 0.15) is 5.75 Å². The van der Waals surface area contributed by atoms with Crippen LogP contribution in [-0.2, 0) is 0 Å². The number of aromatic nitrogens is 2. The van der Waals surface area contributed by atoms with Gasteiger partial charge in [-0.15, -0.1) is 0 Å². The highest BCUT2D eigenvalue weighted by Gasteiger charge is 2.14. The minimum absolute atomic E-state index is 0.110. The van der Waals surface area contributed by atoms with Crippen molar-refractivity contribution in [1.29, 1.82) is 0 Å². The van der Waals surface area contributed by atoms with Gasteiger partial charge in [0.05, 0.1) is 29.6 Å². The van der Waals surface area contributed by atoms with Crippen LogP contribution in [0, 0.1) is 0 Å². The highest BCUT2D eigenvalue weighted by atomic mass is 16.5. The first-order chi connectivity index (χ1) is 12.5. The van der Waals surface area contributed by atoms with Crippen molar-refractivity contribution >= 4 is 5.91 Å². The molecular weight excluding hydrogens is 326 g/mol. The summed E-state index contributed by atoms with van der Waals surface area (Å²) in [6.45, 7) is 5.93. The number of rotatable bonds is 6. The largest absolute Gasteiger partial charge is 0.491 e. The summed E-state index contributed by atoms with van der Waals surface area (Å²) in [6.07, 6.45) is 3.42. The highest BCUT2D eigenvalue weighted by molar-refractivity contribution is 5.94. The Labute approximate surface area is 153 Å². The molecule has 2 aromatic carbocycles. The maximum absolute atomic E-state index is 12.5. The van der Waals surface area contributed by atoms with Gasteiger partial charge in [-0.1, -0.05) is 30.3 Å². The van der Waals surface area contributed by atoms with E-state index < -0.39 is 0 Å². The predicted molar refractivity (Wildman–Crippen MR) is 102 cm³/mol. The van der Waals surface area contributed by atoms with Gasteiger partial charge in [0.25, 0.3) is 5.91 Å². The van der Waals surface area contributed by atoms with Gasteiger partial charge in [-0.25, -0.2) is 4.68 Å². The number of ether oxygens (including phenoxy) is 1. The Morgan fingerprint density at radius 1 is 1.08 bits per heavy atom. The van der Waals surface area contributed by atoms with Gasteiger partial charge in [0.15, 0.2) is 0 Å². The Bertz CT molecular complexity index is 872. The summed E-state index contributed by atoms with van der Waals surface area (Å²) >= 11 is 0. The van der Waals surface area contributed by atoms with E-state index in [0.717, 1.165) is 17.0 Å². The maximum Gasteiger partial charge on any atom is 0.254 e. The van der Waals surface area contributed by atoms with Crippen molar-refractivity contribution in [3.8, 4) is 11.4 Å². The molecule has 0 radical (unpaired) electrons. The quantitative estimate of drug-likeness (QED) is 0.727. The third-order valence-corrected chi connectivity index (χ3v) is 3.94. The molecule has 5 nitrogen and oxygen atoms in total. The molecule has 1 N–H and O–H groups in total. The lowest BCUT2D eigenvalue weighted by atomic mass is 10.1. The number of amides is 1. The molecule has 5 heteroatoms. The van der Waals surface area contributed by atoms with Gasteiger partial charge < -0.3 is 10.1 Å². The minimum atomic E-state index is -0.158. The van der Waals surface area contributed by atoms with Gasteiger partial charge >= 0.3 is 0 Å². The molecule has 0 aliphatic heterocycles. The van der Waals surface area contributed by atoms with Crippen LogP contribution in [0.2, 0.25) is 0 Å². The second-order valence-corrected chi connectivity index (χ2v) is 6.44. The summed E-state index contributed by atoms with van der Waals surface area (Å²) in [7, 11) is 0. The average molecular weight is 349 g/mol. The van der Waals surface area contributed by atoms with E-state index in [0.29, 0.717) is 5.56 Å². The first-order valence-electron chi connectivity index (χ1n) is 8.70. The van der Waals surface area contributed by atoms with Crippen LogP contribution in [0.3, 0.4) is 0 Å². The second-order valence-electron chi connectivity index (χ2n) is 6.44.